The number of morpholine rings is 1. The van der Waals surface area contributed by atoms with Gasteiger partial charge in [0.25, 0.3) is 5.91 Å². The molecule has 0 atom stereocenters. The summed E-state index contributed by atoms with van der Waals surface area (Å²) >= 11 is 1.47. The summed E-state index contributed by atoms with van der Waals surface area (Å²) in [7, 11) is 0. The minimum atomic E-state index is 0.0103. The van der Waals surface area contributed by atoms with Gasteiger partial charge in [-0.3, -0.25) is 9.78 Å². The third-order valence-corrected chi connectivity index (χ3v) is 6.39. The Morgan fingerprint density at radius 1 is 1.21 bits per heavy atom. The molecule has 0 aromatic carbocycles. The fraction of sp³-hybridized carbons (Fsp3) is 0.400. The van der Waals surface area contributed by atoms with Gasteiger partial charge in [0.2, 0.25) is 5.89 Å². The van der Waals surface area contributed by atoms with Gasteiger partial charge in [0.05, 0.1) is 31.0 Å². The lowest BCUT2D eigenvalue weighted by Crippen LogP contribution is -2.36. The predicted octanol–water partition coefficient (Wildman–Crippen LogP) is 2.54. The van der Waals surface area contributed by atoms with Gasteiger partial charge in [0, 0.05) is 38.4 Å². The largest absolute Gasteiger partial charge is 0.441 e. The first kappa shape index (κ1) is 18.3. The number of amides is 1. The van der Waals surface area contributed by atoms with Crippen molar-refractivity contribution in [2.45, 2.75) is 19.9 Å². The van der Waals surface area contributed by atoms with E-state index in [1.807, 2.05) is 24.0 Å². The molecule has 8 nitrogen and oxygen atoms in total. The SMILES string of the molecule is Cc1nc(N2CCOCC2)sc1C(=O)N1CCc2oc(-c3cccnc3)nc2C1. The molecule has 3 aromatic rings. The van der Waals surface area contributed by atoms with E-state index in [-0.39, 0.29) is 5.91 Å². The van der Waals surface area contributed by atoms with Crippen molar-refractivity contribution in [3.63, 3.8) is 0 Å². The number of oxazole rings is 1. The number of nitrogens with zero attached hydrogens (tertiary/aromatic N) is 5. The maximum atomic E-state index is 13.2. The summed E-state index contributed by atoms with van der Waals surface area (Å²) < 4.78 is 11.3. The lowest BCUT2D eigenvalue weighted by atomic mass is 10.1. The van der Waals surface area contributed by atoms with Crippen molar-refractivity contribution < 1.29 is 13.9 Å². The molecule has 0 spiro atoms. The van der Waals surface area contributed by atoms with Crippen molar-refractivity contribution >= 4 is 22.4 Å². The van der Waals surface area contributed by atoms with Crippen LogP contribution in [0.5, 0.6) is 0 Å². The molecule has 3 aromatic heterocycles. The maximum Gasteiger partial charge on any atom is 0.266 e. The van der Waals surface area contributed by atoms with Crippen LogP contribution in [0.3, 0.4) is 0 Å². The molecule has 1 saturated heterocycles. The third-order valence-electron chi connectivity index (χ3n) is 5.18. The number of thiazole rings is 1. The first-order valence-electron chi connectivity index (χ1n) is 9.67. The predicted molar refractivity (Wildman–Crippen MR) is 108 cm³/mol. The molecule has 0 N–H and O–H groups in total. The Balaban J connectivity index is 1.34. The number of hydrogen-bond acceptors (Lipinski definition) is 8. The second-order valence-electron chi connectivity index (χ2n) is 7.12. The summed E-state index contributed by atoms with van der Waals surface area (Å²) in [5.41, 5.74) is 2.44. The molecular weight excluding hydrogens is 390 g/mol. The number of anilines is 1. The van der Waals surface area contributed by atoms with Crippen molar-refractivity contribution in [1.82, 2.24) is 19.9 Å². The van der Waals surface area contributed by atoms with Crippen molar-refractivity contribution in [1.29, 1.82) is 0 Å². The standard InChI is InChI=1S/C20H21N5O3S/c1-13-17(29-20(22-13)24-7-9-27-10-8-24)19(26)25-6-4-16-15(12-25)23-18(28-16)14-3-2-5-21-11-14/h2-3,5,11H,4,6-10,12H2,1H3. The van der Waals surface area contributed by atoms with Crippen molar-refractivity contribution in [3.8, 4) is 11.5 Å². The highest BCUT2D eigenvalue weighted by molar-refractivity contribution is 7.17. The van der Waals surface area contributed by atoms with Crippen molar-refractivity contribution in [3.05, 3.63) is 46.6 Å². The summed E-state index contributed by atoms with van der Waals surface area (Å²) in [4.78, 5) is 31.3. The first-order chi connectivity index (χ1) is 14.2. The summed E-state index contributed by atoms with van der Waals surface area (Å²) in [6, 6.07) is 3.77. The minimum absolute atomic E-state index is 0.0103. The van der Waals surface area contributed by atoms with Crippen LogP contribution in [0.4, 0.5) is 5.13 Å². The van der Waals surface area contributed by atoms with E-state index in [0.29, 0.717) is 43.5 Å². The Kier molecular flexibility index (Phi) is 4.76. The zero-order valence-corrected chi connectivity index (χ0v) is 16.9. The average Bonchev–Trinajstić information content (AvgIpc) is 3.37. The van der Waals surface area contributed by atoms with Gasteiger partial charge >= 0.3 is 0 Å². The van der Waals surface area contributed by atoms with Gasteiger partial charge in [-0.1, -0.05) is 11.3 Å². The molecule has 0 radical (unpaired) electrons. The molecule has 5 rings (SSSR count). The Labute approximate surface area is 172 Å². The second-order valence-corrected chi connectivity index (χ2v) is 8.10. The zero-order chi connectivity index (χ0) is 19.8. The number of pyridine rings is 1. The number of carbonyl (C=O) groups excluding carboxylic acids is 1. The monoisotopic (exact) mass is 411 g/mol. The van der Waals surface area contributed by atoms with E-state index in [4.69, 9.17) is 9.15 Å². The Hall–Kier alpha value is -2.78. The number of aromatic nitrogens is 3. The fourth-order valence-corrected chi connectivity index (χ4v) is 4.69. The number of carbonyl (C=O) groups is 1. The van der Waals surface area contributed by atoms with Crippen LogP contribution < -0.4 is 4.90 Å². The molecule has 0 unspecified atom stereocenters. The first-order valence-corrected chi connectivity index (χ1v) is 10.5. The molecule has 29 heavy (non-hydrogen) atoms. The molecule has 0 aliphatic carbocycles. The molecule has 5 heterocycles. The summed E-state index contributed by atoms with van der Waals surface area (Å²) in [6.45, 7) is 5.97. The van der Waals surface area contributed by atoms with Crippen molar-refractivity contribution in [2.75, 3.05) is 37.7 Å². The molecule has 2 aliphatic rings. The van der Waals surface area contributed by atoms with E-state index in [2.05, 4.69) is 19.9 Å². The minimum Gasteiger partial charge on any atom is -0.441 e. The number of hydrogen-bond donors (Lipinski definition) is 0. The molecule has 0 bridgehead atoms. The normalized spacial score (nSPS) is 16.7. The van der Waals surface area contributed by atoms with Crippen LogP contribution in [0, 0.1) is 6.92 Å². The quantitative estimate of drug-likeness (QED) is 0.655. The lowest BCUT2D eigenvalue weighted by Gasteiger charge is -2.26. The highest BCUT2D eigenvalue weighted by atomic mass is 32.1. The van der Waals surface area contributed by atoms with Crippen LogP contribution in [-0.2, 0) is 17.7 Å². The zero-order valence-electron chi connectivity index (χ0n) is 16.1. The van der Waals surface area contributed by atoms with Crippen LogP contribution in [0.1, 0.15) is 26.8 Å². The van der Waals surface area contributed by atoms with Gasteiger partial charge in [-0.25, -0.2) is 9.97 Å². The molecule has 1 fully saturated rings. The van der Waals surface area contributed by atoms with Crippen molar-refractivity contribution in [2.24, 2.45) is 0 Å². The Morgan fingerprint density at radius 2 is 2.07 bits per heavy atom. The second kappa shape index (κ2) is 7.57. The fourth-order valence-electron chi connectivity index (χ4n) is 3.60. The van der Waals surface area contributed by atoms with Gasteiger partial charge in [-0.05, 0) is 19.1 Å². The van der Waals surface area contributed by atoms with E-state index < -0.39 is 0 Å². The molecule has 0 saturated carbocycles. The number of rotatable bonds is 3. The van der Waals surface area contributed by atoms with Crippen LogP contribution in [0.15, 0.2) is 28.9 Å². The van der Waals surface area contributed by atoms with Crippen LogP contribution >= 0.6 is 11.3 Å². The molecule has 150 valence electrons. The number of fused-ring (bicyclic) bond motifs is 1. The van der Waals surface area contributed by atoms with Crippen LogP contribution in [-0.4, -0.2) is 58.6 Å². The molecule has 9 heteroatoms. The highest BCUT2D eigenvalue weighted by Gasteiger charge is 2.29. The summed E-state index contributed by atoms with van der Waals surface area (Å²) in [5.74, 6) is 1.42. The number of aryl methyl sites for hydroxylation is 1. The maximum absolute atomic E-state index is 13.2. The average molecular weight is 411 g/mol. The van der Waals surface area contributed by atoms with Gasteiger partial charge < -0.3 is 19.0 Å². The van der Waals surface area contributed by atoms with Gasteiger partial charge in [0.15, 0.2) is 5.13 Å². The smallest absolute Gasteiger partial charge is 0.266 e. The van der Waals surface area contributed by atoms with Gasteiger partial charge in [0.1, 0.15) is 16.3 Å². The molecule has 1 amide bonds. The lowest BCUT2D eigenvalue weighted by molar-refractivity contribution is 0.0732. The third kappa shape index (κ3) is 3.51. The summed E-state index contributed by atoms with van der Waals surface area (Å²) in [6.07, 6.45) is 4.10. The Morgan fingerprint density at radius 3 is 2.86 bits per heavy atom. The van der Waals surface area contributed by atoms with E-state index in [0.717, 1.165) is 40.9 Å². The highest BCUT2D eigenvalue weighted by Crippen LogP contribution is 2.30. The summed E-state index contributed by atoms with van der Waals surface area (Å²) in [5, 5.41) is 0.896. The van der Waals surface area contributed by atoms with Crippen LogP contribution in [0.2, 0.25) is 0 Å². The molecular formula is C20H21N5O3S. The Bertz CT molecular complexity index is 1030. The van der Waals surface area contributed by atoms with E-state index in [1.54, 1.807) is 12.4 Å². The van der Waals surface area contributed by atoms with E-state index in [9.17, 15) is 4.79 Å². The van der Waals surface area contributed by atoms with E-state index in [1.165, 1.54) is 11.3 Å². The topological polar surface area (TPSA) is 84.6 Å². The number of ether oxygens (including phenoxy) is 1. The van der Waals surface area contributed by atoms with Gasteiger partial charge in [-0.2, -0.15) is 0 Å². The van der Waals surface area contributed by atoms with E-state index >= 15 is 0 Å². The van der Waals surface area contributed by atoms with Gasteiger partial charge in [-0.15, -0.1) is 0 Å². The van der Waals surface area contributed by atoms with Crippen LogP contribution in [0.25, 0.3) is 11.5 Å². The molecule has 2 aliphatic heterocycles.